The van der Waals surface area contributed by atoms with Gasteiger partial charge >= 0.3 is 0 Å². The molecule has 0 amide bonds. The summed E-state index contributed by atoms with van der Waals surface area (Å²) in [4.78, 5) is 0. The maximum atomic E-state index is 5.81. The largest absolute Gasteiger partial charge is 1.00 e. The maximum absolute atomic E-state index is 5.81. The molecule has 0 saturated carbocycles. The molecule has 0 aromatic rings. The van der Waals surface area contributed by atoms with Crippen molar-refractivity contribution in [2.45, 2.75) is 27.7 Å². The van der Waals surface area contributed by atoms with Crippen LogP contribution in [0.4, 0.5) is 0 Å². The summed E-state index contributed by atoms with van der Waals surface area (Å²) in [6.45, 7) is 13.3. The van der Waals surface area contributed by atoms with Gasteiger partial charge in [0.05, 0.1) is 26.2 Å². The van der Waals surface area contributed by atoms with Gasteiger partial charge in [0.2, 0.25) is 0 Å². The van der Waals surface area contributed by atoms with Crippen molar-refractivity contribution >= 4 is 11.6 Å². The van der Waals surface area contributed by atoms with E-state index >= 15 is 0 Å². The quantitative estimate of drug-likeness (QED) is 0.618. The molecule has 0 aliphatic heterocycles. The number of hydrogen-bond acceptors (Lipinski definition) is 0. The second-order valence-electron chi connectivity index (χ2n) is 3.26. The Kier molecular flexibility index (Phi) is 9.60. The molecule has 0 aromatic heterocycles. The second kappa shape index (κ2) is 7.84. The van der Waals surface area contributed by atoms with Crippen molar-refractivity contribution < 1.29 is 21.5 Å². The van der Waals surface area contributed by atoms with Crippen LogP contribution in [-0.4, -0.2) is 30.7 Å². The summed E-state index contributed by atoms with van der Waals surface area (Å²) < 4.78 is 1.14. The number of quaternary nitrogens is 1. The predicted molar refractivity (Wildman–Crippen MR) is 56.4 cm³/mol. The smallest absolute Gasteiger partial charge is 0.0987 e. The van der Waals surface area contributed by atoms with E-state index in [0.29, 0.717) is 0 Å². The average Bonchev–Trinajstić information content (AvgIpc) is 2.08. The van der Waals surface area contributed by atoms with Gasteiger partial charge < -0.3 is 21.5 Å². The summed E-state index contributed by atoms with van der Waals surface area (Å²) in [5.74, 6) is 0. The highest BCUT2D eigenvalue weighted by Crippen LogP contribution is 2.08. The summed E-state index contributed by atoms with van der Waals surface area (Å²) >= 11 is 5.81. The maximum Gasteiger partial charge on any atom is 0.0987 e. The molecular weight excluding hydrogens is 249 g/mol. The molecule has 0 spiro atoms. The van der Waals surface area contributed by atoms with Crippen LogP contribution in [0.5, 0.6) is 0 Å². The van der Waals surface area contributed by atoms with E-state index in [4.69, 9.17) is 11.6 Å². The van der Waals surface area contributed by atoms with Gasteiger partial charge in [0, 0.05) is 5.03 Å². The summed E-state index contributed by atoms with van der Waals surface area (Å²) in [6, 6.07) is 0. The Morgan fingerprint density at radius 2 is 1.54 bits per heavy atom. The van der Waals surface area contributed by atoms with Crippen LogP contribution in [0.25, 0.3) is 0 Å². The normalized spacial score (nSPS) is 12.5. The third-order valence-electron chi connectivity index (χ3n) is 2.77. The molecule has 0 unspecified atom stereocenters. The van der Waals surface area contributed by atoms with E-state index in [0.717, 1.165) is 16.1 Å². The lowest BCUT2D eigenvalue weighted by Crippen LogP contribution is -3.00. The minimum absolute atomic E-state index is 0. The van der Waals surface area contributed by atoms with Crippen molar-refractivity contribution in [3.05, 3.63) is 11.1 Å². The van der Waals surface area contributed by atoms with Crippen LogP contribution in [0.15, 0.2) is 11.1 Å². The zero-order chi connectivity index (χ0) is 9.61. The van der Waals surface area contributed by atoms with Crippen LogP contribution >= 0.6 is 11.6 Å². The van der Waals surface area contributed by atoms with Gasteiger partial charge in [-0.3, -0.25) is 0 Å². The highest BCUT2D eigenvalue weighted by molar-refractivity contribution is 6.29. The van der Waals surface area contributed by atoms with E-state index in [1.54, 1.807) is 0 Å². The third-order valence-corrected chi connectivity index (χ3v) is 2.93. The number of nitrogens with zero attached hydrogens (tertiary/aromatic N) is 1. The number of halogens is 2. The van der Waals surface area contributed by atoms with Gasteiger partial charge in [-0.25, -0.2) is 0 Å². The monoisotopic (exact) mass is 269 g/mol. The number of likely N-dealkylation sites (N-methyl/N-ethyl adjacent to an activating group) is 1. The summed E-state index contributed by atoms with van der Waals surface area (Å²) in [5.41, 5.74) is 0. The summed E-state index contributed by atoms with van der Waals surface area (Å²) in [7, 11) is 0. The third kappa shape index (κ3) is 5.71. The van der Waals surface area contributed by atoms with Crippen molar-refractivity contribution in [1.29, 1.82) is 0 Å². The fourth-order valence-corrected chi connectivity index (χ4v) is 1.45. The molecule has 0 radical (unpaired) electrons. The first-order chi connectivity index (χ1) is 5.60. The Labute approximate surface area is 98.1 Å². The zero-order valence-electron chi connectivity index (χ0n) is 9.11. The molecule has 13 heavy (non-hydrogen) atoms. The molecule has 0 rings (SSSR count). The van der Waals surface area contributed by atoms with Gasteiger partial charge in [-0.2, -0.15) is 0 Å². The van der Waals surface area contributed by atoms with Gasteiger partial charge in [-0.05, 0) is 33.8 Å². The van der Waals surface area contributed by atoms with Crippen molar-refractivity contribution in [1.82, 2.24) is 0 Å². The SMILES string of the molecule is CC[N+](CC)(CC)C/C=C(/C)Cl.[Br-]. The van der Waals surface area contributed by atoms with Crippen molar-refractivity contribution in [3.63, 3.8) is 0 Å². The molecule has 0 aromatic carbocycles. The molecule has 0 heterocycles. The Morgan fingerprint density at radius 3 is 1.77 bits per heavy atom. The molecular formula is C10H21BrClN. The molecule has 0 bridgehead atoms. The van der Waals surface area contributed by atoms with Crippen LogP contribution in [0.3, 0.4) is 0 Å². The average molecular weight is 271 g/mol. The Morgan fingerprint density at radius 1 is 1.15 bits per heavy atom. The van der Waals surface area contributed by atoms with E-state index in [9.17, 15) is 0 Å². The van der Waals surface area contributed by atoms with E-state index in [1.165, 1.54) is 19.6 Å². The van der Waals surface area contributed by atoms with Gasteiger partial charge in [0.25, 0.3) is 0 Å². The highest BCUT2D eigenvalue weighted by Gasteiger charge is 2.18. The fourth-order valence-electron chi connectivity index (χ4n) is 1.38. The lowest BCUT2D eigenvalue weighted by Gasteiger charge is -2.34. The lowest BCUT2D eigenvalue weighted by molar-refractivity contribution is -0.917. The molecule has 80 valence electrons. The van der Waals surface area contributed by atoms with Crippen LogP contribution in [-0.2, 0) is 0 Å². The minimum atomic E-state index is 0. The fraction of sp³-hybridized carbons (Fsp3) is 0.800. The van der Waals surface area contributed by atoms with Crippen LogP contribution in [0.1, 0.15) is 27.7 Å². The second-order valence-corrected chi connectivity index (χ2v) is 3.86. The van der Waals surface area contributed by atoms with E-state index < -0.39 is 0 Å². The minimum Gasteiger partial charge on any atom is -1.00 e. The van der Waals surface area contributed by atoms with Gasteiger partial charge in [-0.1, -0.05) is 11.6 Å². The molecule has 0 aliphatic rings. The summed E-state index contributed by atoms with van der Waals surface area (Å²) in [6.07, 6.45) is 2.12. The first-order valence-corrected chi connectivity index (χ1v) is 5.15. The highest BCUT2D eigenvalue weighted by atomic mass is 79.9. The first-order valence-electron chi connectivity index (χ1n) is 4.77. The van der Waals surface area contributed by atoms with Crippen molar-refractivity contribution in [3.8, 4) is 0 Å². The molecule has 0 N–H and O–H groups in total. The predicted octanol–water partition coefficient (Wildman–Crippen LogP) is 0.00950. The van der Waals surface area contributed by atoms with Gasteiger partial charge in [0.15, 0.2) is 0 Å². The molecule has 1 nitrogen and oxygen atoms in total. The Balaban J connectivity index is 0. The standard InChI is InChI=1S/C10H21ClN.BrH/c1-5-12(6-2,7-3)9-8-10(4)11;/h8H,5-7,9H2,1-4H3;1H/q+1;/p-1/b10-8-;. The first kappa shape index (κ1) is 15.9. The molecule has 0 aliphatic carbocycles. The van der Waals surface area contributed by atoms with E-state index in [-0.39, 0.29) is 17.0 Å². The molecule has 0 atom stereocenters. The number of allylic oxidation sites excluding steroid dienone is 1. The van der Waals surface area contributed by atoms with Gasteiger partial charge in [0.1, 0.15) is 0 Å². The Hall–Kier alpha value is 0.470. The topological polar surface area (TPSA) is 0 Å². The van der Waals surface area contributed by atoms with Crippen molar-refractivity contribution in [2.24, 2.45) is 0 Å². The number of rotatable bonds is 5. The van der Waals surface area contributed by atoms with Crippen molar-refractivity contribution in [2.75, 3.05) is 26.2 Å². The molecule has 3 heteroatoms. The Bertz CT molecular complexity index is 141. The summed E-state index contributed by atoms with van der Waals surface area (Å²) in [5, 5.41) is 0.910. The zero-order valence-corrected chi connectivity index (χ0v) is 11.5. The van der Waals surface area contributed by atoms with Crippen LogP contribution < -0.4 is 17.0 Å². The molecule has 0 saturated heterocycles. The lowest BCUT2D eigenvalue weighted by atomic mass is 10.3. The van der Waals surface area contributed by atoms with Crippen LogP contribution in [0, 0.1) is 0 Å². The number of hydrogen-bond donors (Lipinski definition) is 0. The van der Waals surface area contributed by atoms with E-state index in [2.05, 4.69) is 26.8 Å². The molecule has 0 fully saturated rings. The van der Waals surface area contributed by atoms with E-state index in [1.807, 2.05) is 6.92 Å². The van der Waals surface area contributed by atoms with Gasteiger partial charge in [-0.15, -0.1) is 0 Å². The van der Waals surface area contributed by atoms with Crippen LogP contribution in [0.2, 0.25) is 0 Å².